The van der Waals surface area contributed by atoms with Crippen LogP contribution in [0.5, 0.6) is 0 Å². The zero-order valence-electron chi connectivity index (χ0n) is 8.71. The van der Waals surface area contributed by atoms with Crippen molar-refractivity contribution in [1.29, 1.82) is 5.26 Å². The predicted octanol–water partition coefficient (Wildman–Crippen LogP) is 1.83. The largest absolute Gasteiger partial charge is 0.478 e. The van der Waals surface area contributed by atoms with Crippen LogP contribution in [0.2, 0.25) is 0 Å². The van der Waals surface area contributed by atoms with E-state index in [0.717, 1.165) is 0 Å². The van der Waals surface area contributed by atoms with E-state index in [0.29, 0.717) is 4.47 Å². The van der Waals surface area contributed by atoms with Crippen LogP contribution in [0.3, 0.4) is 0 Å². The fourth-order valence-electron chi connectivity index (χ4n) is 1.17. The van der Waals surface area contributed by atoms with E-state index >= 15 is 0 Å². The summed E-state index contributed by atoms with van der Waals surface area (Å²) >= 11 is 3.07. The molecule has 0 aliphatic carbocycles. The van der Waals surface area contributed by atoms with Crippen LogP contribution in [-0.2, 0) is 9.84 Å². The van der Waals surface area contributed by atoms with Gasteiger partial charge < -0.3 is 5.11 Å². The number of carbonyl (C=O) groups is 1. The lowest BCUT2D eigenvalue weighted by Gasteiger charge is -2.09. The van der Waals surface area contributed by atoms with Gasteiger partial charge in [0.1, 0.15) is 5.25 Å². The molecule has 0 amide bonds. The number of carboxylic acid groups (broad SMARTS) is 1. The van der Waals surface area contributed by atoms with Crippen LogP contribution in [0.15, 0.2) is 27.6 Å². The van der Waals surface area contributed by atoms with Crippen LogP contribution in [0.4, 0.5) is 0 Å². The Morgan fingerprint density at radius 2 is 2.12 bits per heavy atom. The fraction of sp³-hybridized carbons (Fsp3) is 0.200. The van der Waals surface area contributed by atoms with E-state index in [-0.39, 0.29) is 10.5 Å². The van der Waals surface area contributed by atoms with E-state index < -0.39 is 21.1 Å². The number of rotatable bonds is 3. The molecule has 0 saturated heterocycles. The summed E-state index contributed by atoms with van der Waals surface area (Å²) in [6.07, 6.45) is 0. The molecule has 1 N–H and O–H groups in total. The second kappa shape index (κ2) is 4.85. The highest BCUT2D eigenvalue weighted by atomic mass is 79.9. The van der Waals surface area contributed by atoms with Crippen molar-refractivity contribution < 1.29 is 18.3 Å². The first-order valence-electron chi connectivity index (χ1n) is 4.47. The van der Waals surface area contributed by atoms with Gasteiger partial charge in [-0.2, -0.15) is 5.26 Å². The predicted molar refractivity (Wildman–Crippen MR) is 63.4 cm³/mol. The second-order valence-electron chi connectivity index (χ2n) is 3.26. The number of hydrogen-bond donors (Lipinski definition) is 1. The van der Waals surface area contributed by atoms with Crippen molar-refractivity contribution in [2.45, 2.75) is 17.1 Å². The van der Waals surface area contributed by atoms with Gasteiger partial charge in [-0.25, -0.2) is 13.2 Å². The lowest BCUT2D eigenvalue weighted by molar-refractivity contribution is 0.0692. The van der Waals surface area contributed by atoms with Gasteiger partial charge in [-0.1, -0.05) is 15.9 Å². The molecule has 1 atom stereocenters. The Morgan fingerprint density at radius 1 is 1.53 bits per heavy atom. The number of halogens is 1. The summed E-state index contributed by atoms with van der Waals surface area (Å²) in [6.45, 7) is 1.21. The first-order chi connectivity index (χ1) is 7.80. The molecule has 0 bridgehead atoms. The number of nitriles is 1. The summed E-state index contributed by atoms with van der Waals surface area (Å²) in [6, 6.07) is 5.39. The highest BCUT2D eigenvalue weighted by Crippen LogP contribution is 2.24. The van der Waals surface area contributed by atoms with Crippen LogP contribution in [-0.4, -0.2) is 24.7 Å². The second-order valence-corrected chi connectivity index (χ2v) is 6.41. The standard InChI is InChI=1S/C10H8BrNO4S/c1-6(5-12)17(15,16)9-4-7(11)2-3-8(9)10(13)14/h2-4,6H,1H3,(H,13,14). The Labute approximate surface area is 107 Å². The zero-order chi connectivity index (χ0) is 13.2. The van der Waals surface area contributed by atoms with Crippen molar-refractivity contribution in [3.63, 3.8) is 0 Å². The molecule has 0 aliphatic heterocycles. The van der Waals surface area contributed by atoms with E-state index in [4.69, 9.17) is 10.4 Å². The Morgan fingerprint density at radius 3 is 2.59 bits per heavy atom. The summed E-state index contributed by atoms with van der Waals surface area (Å²) in [5.74, 6) is -1.35. The van der Waals surface area contributed by atoms with Gasteiger partial charge in [0.05, 0.1) is 16.5 Å². The molecular formula is C10H8BrNO4S. The molecule has 17 heavy (non-hydrogen) atoms. The van der Waals surface area contributed by atoms with Gasteiger partial charge in [0.15, 0.2) is 9.84 Å². The zero-order valence-corrected chi connectivity index (χ0v) is 11.1. The Balaban J connectivity index is 3.56. The number of nitrogens with zero attached hydrogens (tertiary/aromatic N) is 1. The molecule has 1 aromatic rings. The molecule has 7 heteroatoms. The van der Waals surface area contributed by atoms with Gasteiger partial charge in [0, 0.05) is 4.47 Å². The van der Waals surface area contributed by atoms with Crippen molar-refractivity contribution in [3.8, 4) is 6.07 Å². The molecule has 0 saturated carbocycles. The lowest BCUT2D eigenvalue weighted by atomic mass is 10.2. The Hall–Kier alpha value is -1.39. The molecule has 0 spiro atoms. The van der Waals surface area contributed by atoms with Gasteiger partial charge in [-0.15, -0.1) is 0 Å². The number of benzene rings is 1. The Bertz CT molecular complexity index is 603. The quantitative estimate of drug-likeness (QED) is 0.917. The monoisotopic (exact) mass is 317 g/mol. The third-order valence-corrected chi connectivity index (χ3v) is 4.61. The molecule has 0 aliphatic rings. The third-order valence-electron chi connectivity index (χ3n) is 2.13. The van der Waals surface area contributed by atoms with Gasteiger partial charge in [-0.05, 0) is 25.1 Å². The van der Waals surface area contributed by atoms with Crippen molar-refractivity contribution >= 4 is 31.7 Å². The van der Waals surface area contributed by atoms with E-state index in [9.17, 15) is 13.2 Å². The smallest absolute Gasteiger partial charge is 0.337 e. The van der Waals surface area contributed by atoms with Crippen LogP contribution in [0.1, 0.15) is 17.3 Å². The maximum absolute atomic E-state index is 11.9. The van der Waals surface area contributed by atoms with Gasteiger partial charge >= 0.3 is 5.97 Å². The number of carboxylic acids is 1. The summed E-state index contributed by atoms with van der Waals surface area (Å²) in [4.78, 5) is 10.6. The minimum atomic E-state index is -3.96. The molecule has 5 nitrogen and oxygen atoms in total. The van der Waals surface area contributed by atoms with Gasteiger partial charge in [-0.3, -0.25) is 0 Å². The first-order valence-corrected chi connectivity index (χ1v) is 6.81. The van der Waals surface area contributed by atoms with Gasteiger partial charge in [0.2, 0.25) is 0 Å². The average molecular weight is 318 g/mol. The average Bonchev–Trinajstić information content (AvgIpc) is 2.27. The number of aromatic carboxylic acids is 1. The molecule has 1 unspecified atom stereocenters. The normalized spacial score (nSPS) is 12.8. The number of sulfone groups is 1. The summed E-state index contributed by atoms with van der Waals surface area (Å²) < 4.78 is 24.3. The van der Waals surface area contributed by atoms with Gasteiger partial charge in [0.25, 0.3) is 0 Å². The van der Waals surface area contributed by atoms with E-state index in [2.05, 4.69) is 15.9 Å². The maximum Gasteiger partial charge on any atom is 0.337 e. The molecule has 0 fully saturated rings. The highest BCUT2D eigenvalue weighted by molar-refractivity contribution is 9.10. The summed E-state index contributed by atoms with van der Waals surface area (Å²) in [5, 5.41) is 16.3. The van der Waals surface area contributed by atoms with Crippen LogP contribution in [0, 0.1) is 11.3 Å². The molecule has 90 valence electrons. The third kappa shape index (κ3) is 2.65. The lowest BCUT2D eigenvalue weighted by Crippen LogP contribution is -2.19. The highest BCUT2D eigenvalue weighted by Gasteiger charge is 2.28. The molecule has 0 aromatic heterocycles. The SMILES string of the molecule is CC(C#N)S(=O)(=O)c1cc(Br)ccc1C(=O)O. The van der Waals surface area contributed by atoms with E-state index in [1.165, 1.54) is 25.1 Å². The summed E-state index contributed by atoms with van der Waals surface area (Å²) in [5.41, 5.74) is -0.338. The first kappa shape index (κ1) is 13.7. The van der Waals surface area contributed by atoms with E-state index in [1.807, 2.05) is 0 Å². The van der Waals surface area contributed by atoms with Crippen molar-refractivity contribution in [2.75, 3.05) is 0 Å². The molecular weight excluding hydrogens is 310 g/mol. The van der Waals surface area contributed by atoms with Crippen LogP contribution < -0.4 is 0 Å². The molecule has 1 rings (SSSR count). The minimum absolute atomic E-state index is 0.338. The molecule has 0 heterocycles. The van der Waals surface area contributed by atoms with Crippen LogP contribution in [0.25, 0.3) is 0 Å². The molecule has 1 aromatic carbocycles. The minimum Gasteiger partial charge on any atom is -0.478 e. The number of hydrogen-bond acceptors (Lipinski definition) is 4. The van der Waals surface area contributed by atoms with Crippen molar-refractivity contribution in [3.05, 3.63) is 28.2 Å². The Kier molecular flexibility index (Phi) is 3.91. The van der Waals surface area contributed by atoms with E-state index in [1.54, 1.807) is 6.07 Å². The fourth-order valence-corrected chi connectivity index (χ4v) is 2.95. The maximum atomic E-state index is 11.9. The topological polar surface area (TPSA) is 95.2 Å². The van der Waals surface area contributed by atoms with Crippen molar-refractivity contribution in [2.24, 2.45) is 0 Å². The summed E-state index contributed by atoms with van der Waals surface area (Å²) in [7, 11) is -3.96. The molecule has 0 radical (unpaired) electrons. The van der Waals surface area contributed by atoms with Crippen molar-refractivity contribution in [1.82, 2.24) is 0 Å². The van der Waals surface area contributed by atoms with Crippen LogP contribution >= 0.6 is 15.9 Å².